The Hall–Kier alpha value is -1.62. The minimum absolute atomic E-state index is 0.000387. The van der Waals surface area contributed by atoms with Crippen LogP contribution in [0.1, 0.15) is 37.7 Å². The fraction of sp³-hybridized carbons (Fsp3) is 0.650. The molecule has 1 aromatic carbocycles. The van der Waals surface area contributed by atoms with Crippen molar-refractivity contribution in [1.29, 1.82) is 0 Å². The van der Waals surface area contributed by atoms with E-state index in [4.69, 9.17) is 4.74 Å². The molecule has 1 saturated carbocycles. The van der Waals surface area contributed by atoms with Crippen molar-refractivity contribution in [3.63, 3.8) is 0 Å². The lowest BCUT2D eigenvalue weighted by Gasteiger charge is -2.42. The summed E-state index contributed by atoms with van der Waals surface area (Å²) in [4.78, 5) is 16.3. The third-order valence-electron chi connectivity index (χ3n) is 5.88. The third kappa shape index (κ3) is 3.39. The van der Waals surface area contributed by atoms with Crippen molar-refractivity contribution in [3.05, 3.63) is 29.8 Å². The molecule has 1 aliphatic carbocycles. The number of rotatable bonds is 4. The monoisotopic (exact) mass is 346 g/mol. The number of para-hydroxylation sites is 1. The Morgan fingerprint density at radius 1 is 1.20 bits per heavy atom. The molecule has 4 nitrogen and oxygen atoms in total. The first-order valence-electron chi connectivity index (χ1n) is 9.54. The SMILES string of the molecule is O=C(CCF)N1CCC2(CC1)OCCN(CC1CC1)c1ccccc12. The first-order valence-corrected chi connectivity index (χ1v) is 9.54. The van der Waals surface area contributed by atoms with Gasteiger partial charge in [0, 0.05) is 37.4 Å². The lowest BCUT2D eigenvalue weighted by molar-refractivity contribution is -0.139. The second-order valence-corrected chi connectivity index (χ2v) is 7.57. The van der Waals surface area contributed by atoms with Gasteiger partial charge in [-0.2, -0.15) is 0 Å². The van der Waals surface area contributed by atoms with Gasteiger partial charge in [0.15, 0.2) is 0 Å². The van der Waals surface area contributed by atoms with E-state index in [0.717, 1.165) is 38.5 Å². The summed E-state index contributed by atoms with van der Waals surface area (Å²) >= 11 is 0. The number of piperidine rings is 1. The maximum absolute atomic E-state index is 12.5. The highest BCUT2D eigenvalue weighted by Gasteiger charge is 2.42. The van der Waals surface area contributed by atoms with Crippen LogP contribution in [0.5, 0.6) is 0 Å². The number of fused-ring (bicyclic) bond motifs is 2. The predicted octanol–water partition coefficient (Wildman–Crippen LogP) is 3.11. The minimum Gasteiger partial charge on any atom is -0.369 e. The summed E-state index contributed by atoms with van der Waals surface area (Å²) < 4.78 is 18.9. The van der Waals surface area contributed by atoms with Gasteiger partial charge in [-0.1, -0.05) is 18.2 Å². The van der Waals surface area contributed by atoms with Crippen molar-refractivity contribution >= 4 is 11.6 Å². The molecule has 2 aliphatic heterocycles. The van der Waals surface area contributed by atoms with E-state index in [1.54, 1.807) is 4.90 Å². The summed E-state index contributed by atoms with van der Waals surface area (Å²) in [6, 6.07) is 8.61. The average molecular weight is 346 g/mol. The largest absolute Gasteiger partial charge is 0.369 e. The standard InChI is InChI=1S/C20H27FN2O2/c21-10-7-19(24)22-11-8-20(9-12-22)17-3-1-2-4-18(17)23(13-14-25-20)15-16-5-6-16/h1-4,16H,5-15H2. The number of carbonyl (C=O) groups excluding carboxylic acids is 1. The molecule has 0 atom stereocenters. The summed E-state index contributed by atoms with van der Waals surface area (Å²) in [6.45, 7) is 3.50. The van der Waals surface area contributed by atoms with E-state index in [-0.39, 0.29) is 17.9 Å². The molecule has 0 aromatic heterocycles. The molecule has 2 heterocycles. The quantitative estimate of drug-likeness (QED) is 0.840. The Bertz CT molecular complexity index is 624. The maximum atomic E-state index is 12.5. The van der Waals surface area contributed by atoms with Crippen LogP contribution in [0.25, 0.3) is 0 Å². The van der Waals surface area contributed by atoms with Gasteiger partial charge in [-0.25, -0.2) is 0 Å². The number of carbonyl (C=O) groups is 1. The molecule has 2 fully saturated rings. The van der Waals surface area contributed by atoms with Crippen molar-refractivity contribution in [2.75, 3.05) is 44.4 Å². The van der Waals surface area contributed by atoms with Gasteiger partial charge in [0.1, 0.15) is 0 Å². The number of alkyl halides is 1. The van der Waals surface area contributed by atoms with Crippen LogP contribution in [0.15, 0.2) is 24.3 Å². The summed E-state index contributed by atoms with van der Waals surface area (Å²) in [5, 5.41) is 0. The van der Waals surface area contributed by atoms with Gasteiger partial charge in [-0.15, -0.1) is 0 Å². The van der Waals surface area contributed by atoms with Crippen LogP contribution in [-0.2, 0) is 15.1 Å². The zero-order valence-corrected chi connectivity index (χ0v) is 14.8. The van der Waals surface area contributed by atoms with Crippen molar-refractivity contribution in [3.8, 4) is 0 Å². The molecule has 1 aromatic rings. The highest BCUT2D eigenvalue weighted by Crippen LogP contribution is 2.44. The van der Waals surface area contributed by atoms with E-state index in [1.165, 1.54) is 24.1 Å². The van der Waals surface area contributed by atoms with Crippen molar-refractivity contribution < 1.29 is 13.9 Å². The van der Waals surface area contributed by atoms with E-state index < -0.39 is 6.67 Å². The Morgan fingerprint density at radius 3 is 2.68 bits per heavy atom. The first kappa shape index (κ1) is 16.8. The molecule has 25 heavy (non-hydrogen) atoms. The normalized spacial score (nSPS) is 22.6. The summed E-state index contributed by atoms with van der Waals surface area (Å²) in [5.41, 5.74) is 2.27. The molecule has 5 heteroatoms. The van der Waals surface area contributed by atoms with Gasteiger partial charge < -0.3 is 14.5 Å². The average Bonchev–Trinajstić information content (AvgIpc) is 3.46. The smallest absolute Gasteiger partial charge is 0.225 e. The zero-order chi connectivity index (χ0) is 17.3. The Balaban J connectivity index is 1.56. The van der Waals surface area contributed by atoms with E-state index in [9.17, 15) is 9.18 Å². The lowest BCUT2D eigenvalue weighted by atomic mass is 9.83. The summed E-state index contributed by atoms with van der Waals surface area (Å²) in [6.07, 6.45) is 4.27. The second kappa shape index (κ2) is 6.94. The van der Waals surface area contributed by atoms with E-state index in [2.05, 4.69) is 29.2 Å². The van der Waals surface area contributed by atoms with Crippen LogP contribution in [0.2, 0.25) is 0 Å². The van der Waals surface area contributed by atoms with Crippen molar-refractivity contribution in [1.82, 2.24) is 4.90 Å². The fourth-order valence-electron chi connectivity index (χ4n) is 4.26. The topological polar surface area (TPSA) is 32.8 Å². The molecular formula is C20H27FN2O2. The van der Waals surface area contributed by atoms with E-state index >= 15 is 0 Å². The summed E-state index contributed by atoms with van der Waals surface area (Å²) in [5.74, 6) is 0.761. The van der Waals surface area contributed by atoms with Crippen LogP contribution in [0.4, 0.5) is 10.1 Å². The predicted molar refractivity (Wildman–Crippen MR) is 95.4 cm³/mol. The molecule has 4 rings (SSSR count). The minimum atomic E-state index is -0.573. The Labute approximate surface area is 148 Å². The summed E-state index contributed by atoms with van der Waals surface area (Å²) in [7, 11) is 0. The maximum Gasteiger partial charge on any atom is 0.225 e. The zero-order valence-electron chi connectivity index (χ0n) is 14.8. The van der Waals surface area contributed by atoms with Gasteiger partial charge in [0.05, 0.1) is 25.3 Å². The lowest BCUT2D eigenvalue weighted by Crippen LogP contribution is -2.46. The number of benzene rings is 1. The highest BCUT2D eigenvalue weighted by atomic mass is 19.1. The van der Waals surface area contributed by atoms with E-state index in [0.29, 0.717) is 13.1 Å². The number of ether oxygens (including phenoxy) is 1. The van der Waals surface area contributed by atoms with Gasteiger partial charge in [0.25, 0.3) is 0 Å². The number of hydrogen-bond donors (Lipinski definition) is 0. The molecule has 0 unspecified atom stereocenters. The first-order chi connectivity index (χ1) is 12.2. The fourth-order valence-corrected chi connectivity index (χ4v) is 4.26. The number of hydrogen-bond acceptors (Lipinski definition) is 3. The number of likely N-dealkylation sites (tertiary alicyclic amines) is 1. The molecule has 136 valence electrons. The third-order valence-corrected chi connectivity index (χ3v) is 5.88. The molecule has 0 N–H and O–H groups in total. The van der Waals surface area contributed by atoms with Gasteiger partial charge in [-0.3, -0.25) is 9.18 Å². The molecule has 0 radical (unpaired) electrons. The van der Waals surface area contributed by atoms with Crippen LogP contribution in [0, 0.1) is 5.92 Å². The molecule has 1 saturated heterocycles. The molecule has 0 bridgehead atoms. The van der Waals surface area contributed by atoms with Crippen LogP contribution >= 0.6 is 0 Å². The molecule has 1 amide bonds. The molecular weight excluding hydrogens is 319 g/mol. The van der Waals surface area contributed by atoms with E-state index in [1.807, 2.05) is 0 Å². The second-order valence-electron chi connectivity index (χ2n) is 7.57. The number of halogens is 1. The van der Waals surface area contributed by atoms with Gasteiger partial charge in [-0.05, 0) is 37.7 Å². The number of amides is 1. The van der Waals surface area contributed by atoms with Crippen molar-refractivity contribution in [2.45, 2.75) is 37.7 Å². The highest BCUT2D eigenvalue weighted by molar-refractivity contribution is 5.76. The Morgan fingerprint density at radius 2 is 1.96 bits per heavy atom. The van der Waals surface area contributed by atoms with Crippen molar-refractivity contribution in [2.24, 2.45) is 5.92 Å². The molecule has 3 aliphatic rings. The van der Waals surface area contributed by atoms with Crippen LogP contribution in [-0.4, -0.2) is 50.3 Å². The number of anilines is 1. The van der Waals surface area contributed by atoms with Gasteiger partial charge >= 0.3 is 0 Å². The molecule has 1 spiro atoms. The Kier molecular flexibility index (Phi) is 4.67. The van der Waals surface area contributed by atoms with Crippen LogP contribution < -0.4 is 4.90 Å². The number of nitrogens with zero attached hydrogens (tertiary/aromatic N) is 2. The van der Waals surface area contributed by atoms with Gasteiger partial charge in [0.2, 0.25) is 5.91 Å². The van der Waals surface area contributed by atoms with Crippen LogP contribution in [0.3, 0.4) is 0 Å².